The monoisotopic (exact) mass is 293 g/mol. The molecule has 0 bridgehead atoms. The summed E-state index contributed by atoms with van der Waals surface area (Å²) in [5.74, 6) is -2.01. The number of benzene rings is 1. The number of hydrogen-bond acceptors (Lipinski definition) is 4. The van der Waals surface area contributed by atoms with Crippen LogP contribution in [0.3, 0.4) is 0 Å². The molecule has 3 N–H and O–H groups in total. The molecule has 1 aromatic rings. The summed E-state index contributed by atoms with van der Waals surface area (Å²) in [5.41, 5.74) is 0.927. The molecule has 1 heterocycles. The topological polar surface area (TPSA) is 95.9 Å². The molecule has 1 amide bonds. The second-order valence-electron chi connectivity index (χ2n) is 5.05. The Morgan fingerprint density at radius 1 is 1.33 bits per heavy atom. The Balaban J connectivity index is 2.01. The normalized spacial score (nSPS) is 23.3. The highest BCUT2D eigenvalue weighted by atomic mass is 16.5. The Morgan fingerprint density at radius 3 is 2.71 bits per heavy atom. The minimum atomic E-state index is -1.59. The van der Waals surface area contributed by atoms with Crippen molar-refractivity contribution in [3.05, 3.63) is 35.9 Å². The second-order valence-corrected chi connectivity index (χ2v) is 5.05. The molecule has 1 saturated heterocycles. The van der Waals surface area contributed by atoms with Crippen LogP contribution < -0.4 is 5.32 Å². The van der Waals surface area contributed by atoms with E-state index in [9.17, 15) is 14.7 Å². The van der Waals surface area contributed by atoms with Crippen LogP contribution in [0, 0.1) is 5.92 Å². The molecule has 114 valence electrons. The van der Waals surface area contributed by atoms with Crippen molar-refractivity contribution in [1.29, 1.82) is 0 Å². The van der Waals surface area contributed by atoms with Crippen molar-refractivity contribution in [3.8, 4) is 0 Å². The fourth-order valence-electron chi connectivity index (χ4n) is 2.44. The molecule has 21 heavy (non-hydrogen) atoms. The molecule has 0 radical (unpaired) electrons. The van der Waals surface area contributed by atoms with E-state index in [0.717, 1.165) is 12.0 Å². The molecule has 0 spiro atoms. The van der Waals surface area contributed by atoms with Crippen molar-refractivity contribution in [1.82, 2.24) is 5.32 Å². The molecule has 1 aliphatic heterocycles. The fraction of sp³-hybridized carbons (Fsp3) is 0.467. The summed E-state index contributed by atoms with van der Waals surface area (Å²) < 4.78 is 5.71. The Labute approximate surface area is 122 Å². The molecule has 6 nitrogen and oxygen atoms in total. The van der Waals surface area contributed by atoms with Gasteiger partial charge in [0.25, 0.3) is 0 Å². The van der Waals surface area contributed by atoms with Gasteiger partial charge in [-0.05, 0) is 18.4 Å². The van der Waals surface area contributed by atoms with Gasteiger partial charge >= 0.3 is 5.97 Å². The summed E-state index contributed by atoms with van der Waals surface area (Å²) >= 11 is 0. The molecule has 0 aromatic heterocycles. The Kier molecular flexibility index (Phi) is 5.30. The molecule has 0 saturated carbocycles. The van der Waals surface area contributed by atoms with Crippen molar-refractivity contribution in [2.45, 2.75) is 25.0 Å². The van der Waals surface area contributed by atoms with Crippen LogP contribution >= 0.6 is 0 Å². The highest BCUT2D eigenvalue weighted by Gasteiger charge is 2.33. The van der Waals surface area contributed by atoms with Crippen molar-refractivity contribution in [2.75, 3.05) is 13.2 Å². The average Bonchev–Trinajstić information content (AvgIpc) is 2.53. The minimum absolute atomic E-state index is 0.288. The second kappa shape index (κ2) is 7.19. The van der Waals surface area contributed by atoms with Gasteiger partial charge in [0, 0.05) is 6.61 Å². The minimum Gasteiger partial charge on any atom is -0.479 e. The number of aliphatic hydroxyl groups is 1. The summed E-state index contributed by atoms with van der Waals surface area (Å²) in [5, 5.41) is 20.3. The van der Waals surface area contributed by atoms with Crippen molar-refractivity contribution >= 4 is 11.9 Å². The fourth-order valence-corrected chi connectivity index (χ4v) is 2.44. The molecule has 6 heteroatoms. The number of rotatable bonds is 5. The van der Waals surface area contributed by atoms with Gasteiger partial charge < -0.3 is 20.3 Å². The third kappa shape index (κ3) is 4.03. The quantitative estimate of drug-likeness (QED) is 0.743. The first kappa shape index (κ1) is 15.5. The lowest BCUT2D eigenvalue weighted by Crippen LogP contribution is -2.42. The average molecular weight is 293 g/mol. The first-order chi connectivity index (χ1) is 10.1. The van der Waals surface area contributed by atoms with Gasteiger partial charge in [0.2, 0.25) is 5.91 Å². The predicted octanol–water partition coefficient (Wildman–Crippen LogP) is 0.716. The van der Waals surface area contributed by atoms with E-state index in [1.54, 1.807) is 0 Å². The van der Waals surface area contributed by atoms with Crippen LogP contribution in [0.5, 0.6) is 0 Å². The zero-order valence-corrected chi connectivity index (χ0v) is 11.6. The largest absolute Gasteiger partial charge is 0.479 e. The van der Waals surface area contributed by atoms with E-state index in [1.807, 2.05) is 30.3 Å². The number of carbonyl (C=O) groups is 2. The summed E-state index contributed by atoms with van der Waals surface area (Å²) in [4.78, 5) is 22.8. The summed E-state index contributed by atoms with van der Waals surface area (Å²) in [6.45, 7) is 0.299. The number of nitrogens with one attached hydrogen (secondary N) is 1. The molecule has 3 atom stereocenters. The number of aliphatic hydroxyl groups excluding tert-OH is 1. The van der Waals surface area contributed by atoms with Crippen molar-refractivity contribution < 1.29 is 24.5 Å². The summed E-state index contributed by atoms with van der Waals surface area (Å²) in [6.07, 6.45) is -0.465. The maximum Gasteiger partial charge on any atom is 0.334 e. The lowest BCUT2D eigenvalue weighted by Gasteiger charge is -2.31. The summed E-state index contributed by atoms with van der Waals surface area (Å²) in [7, 11) is 0. The standard InChI is InChI=1S/C15H19NO5/c17-12(15(19)20)9-16-14(18)11-7-4-8-21-13(11)10-5-2-1-3-6-10/h1-3,5-6,11-13,17H,4,7-9H2,(H,16,18)(H,19,20)/t11?,12-,13?/m0/s1. The number of hydrogen-bond donors (Lipinski definition) is 3. The van der Waals surface area contributed by atoms with Crippen molar-refractivity contribution in [2.24, 2.45) is 5.92 Å². The zero-order chi connectivity index (χ0) is 15.2. The third-order valence-corrected chi connectivity index (χ3v) is 3.54. The van der Waals surface area contributed by atoms with Gasteiger partial charge in [-0.3, -0.25) is 4.79 Å². The van der Waals surface area contributed by atoms with Gasteiger partial charge in [-0.15, -0.1) is 0 Å². The highest BCUT2D eigenvalue weighted by molar-refractivity contribution is 5.80. The molecule has 1 fully saturated rings. The van der Waals surface area contributed by atoms with Crippen LogP contribution in [0.1, 0.15) is 24.5 Å². The van der Waals surface area contributed by atoms with Gasteiger partial charge in [-0.1, -0.05) is 30.3 Å². The molecule has 2 rings (SSSR count). The molecule has 1 aromatic carbocycles. The van der Waals surface area contributed by atoms with E-state index < -0.39 is 12.1 Å². The van der Waals surface area contributed by atoms with Crippen LogP contribution in [0.15, 0.2) is 30.3 Å². The van der Waals surface area contributed by atoms with E-state index in [4.69, 9.17) is 9.84 Å². The molecular weight excluding hydrogens is 274 g/mol. The maximum atomic E-state index is 12.2. The number of ether oxygens (including phenoxy) is 1. The van der Waals surface area contributed by atoms with Gasteiger partial charge in [-0.2, -0.15) is 0 Å². The molecular formula is C15H19NO5. The maximum absolute atomic E-state index is 12.2. The van der Waals surface area contributed by atoms with E-state index in [2.05, 4.69) is 5.32 Å². The number of aliphatic carboxylic acids is 1. The van der Waals surface area contributed by atoms with Gasteiger partial charge in [0.05, 0.1) is 18.6 Å². The van der Waals surface area contributed by atoms with Crippen molar-refractivity contribution in [3.63, 3.8) is 0 Å². The zero-order valence-electron chi connectivity index (χ0n) is 11.6. The first-order valence-electron chi connectivity index (χ1n) is 6.94. The Bertz CT molecular complexity index is 490. The van der Waals surface area contributed by atoms with Gasteiger partial charge in [0.15, 0.2) is 6.10 Å². The highest BCUT2D eigenvalue weighted by Crippen LogP contribution is 2.33. The number of carbonyl (C=O) groups excluding carboxylic acids is 1. The van der Waals surface area contributed by atoms with Gasteiger partial charge in [0.1, 0.15) is 0 Å². The smallest absolute Gasteiger partial charge is 0.334 e. The molecule has 0 aliphatic carbocycles. The Hall–Kier alpha value is -1.92. The first-order valence-corrected chi connectivity index (χ1v) is 6.94. The van der Waals surface area contributed by atoms with Crippen LogP contribution in [-0.2, 0) is 14.3 Å². The van der Waals surface area contributed by atoms with E-state index in [0.29, 0.717) is 13.0 Å². The van der Waals surface area contributed by atoms with E-state index in [1.165, 1.54) is 0 Å². The molecule has 1 aliphatic rings. The SMILES string of the molecule is O=C(NC[C@H](O)C(=O)O)C1CCCOC1c1ccccc1. The van der Waals surface area contributed by atoms with Crippen LogP contribution in [0.4, 0.5) is 0 Å². The van der Waals surface area contributed by atoms with Crippen LogP contribution in [-0.4, -0.2) is 41.3 Å². The predicted molar refractivity (Wildman–Crippen MR) is 74.5 cm³/mol. The van der Waals surface area contributed by atoms with E-state index >= 15 is 0 Å². The number of carboxylic acid groups (broad SMARTS) is 1. The van der Waals surface area contributed by atoms with Crippen LogP contribution in [0.25, 0.3) is 0 Å². The number of amides is 1. The third-order valence-electron chi connectivity index (χ3n) is 3.54. The van der Waals surface area contributed by atoms with Gasteiger partial charge in [-0.25, -0.2) is 4.79 Å². The number of carboxylic acids is 1. The van der Waals surface area contributed by atoms with E-state index in [-0.39, 0.29) is 24.5 Å². The lowest BCUT2D eigenvalue weighted by molar-refractivity contribution is -0.147. The molecule has 2 unspecified atom stereocenters. The Morgan fingerprint density at radius 2 is 2.05 bits per heavy atom. The summed E-state index contributed by atoms with van der Waals surface area (Å²) in [6, 6.07) is 9.47. The lowest BCUT2D eigenvalue weighted by atomic mass is 9.88. The van der Waals surface area contributed by atoms with Crippen LogP contribution in [0.2, 0.25) is 0 Å².